The van der Waals surface area contributed by atoms with Gasteiger partial charge in [0.25, 0.3) is 5.88 Å². The number of hydrogen-bond acceptors (Lipinski definition) is 5. The van der Waals surface area contributed by atoms with Crippen LogP contribution in [0.15, 0.2) is 18.5 Å². The van der Waals surface area contributed by atoms with Crippen LogP contribution in [0.4, 0.5) is 5.69 Å². The minimum Gasteiger partial charge on any atom is -0.432 e. The van der Waals surface area contributed by atoms with Crippen LogP contribution in [-0.2, 0) is 6.54 Å². The first kappa shape index (κ1) is 13.3. The Hall–Kier alpha value is -2.15. The Balaban J connectivity index is 2.46. The summed E-state index contributed by atoms with van der Waals surface area (Å²) >= 11 is 5.79. The van der Waals surface area contributed by atoms with Gasteiger partial charge in [-0.3, -0.25) is 15.1 Å². The van der Waals surface area contributed by atoms with Gasteiger partial charge in [0.2, 0.25) is 0 Å². The van der Waals surface area contributed by atoms with Crippen LogP contribution in [0.25, 0.3) is 0 Å². The number of nitrogens with zero attached hydrogens (tertiary/aromatic N) is 4. The monoisotopic (exact) mass is 282 g/mol. The first-order chi connectivity index (χ1) is 9.02. The van der Waals surface area contributed by atoms with Crippen molar-refractivity contribution in [1.82, 2.24) is 14.8 Å². The molecule has 2 aromatic heterocycles. The van der Waals surface area contributed by atoms with Crippen LogP contribution in [0, 0.1) is 17.0 Å². The topological polar surface area (TPSA) is 83.1 Å². The molecule has 0 aliphatic carbocycles. The average Bonchev–Trinajstić information content (AvgIpc) is 2.65. The van der Waals surface area contributed by atoms with Gasteiger partial charge in [0, 0.05) is 18.8 Å². The predicted octanol–water partition coefficient (Wildman–Crippen LogP) is 2.96. The lowest BCUT2D eigenvalue weighted by Gasteiger charge is -2.06. The molecular weight excluding hydrogens is 272 g/mol. The van der Waals surface area contributed by atoms with Crippen molar-refractivity contribution in [2.75, 3.05) is 0 Å². The molecule has 0 N–H and O–H groups in total. The number of halogens is 1. The highest BCUT2D eigenvalue weighted by Crippen LogP contribution is 2.34. The maximum atomic E-state index is 11.1. The fourth-order valence-corrected chi connectivity index (χ4v) is 1.80. The van der Waals surface area contributed by atoms with Crippen LogP contribution in [0.1, 0.15) is 12.6 Å². The Labute approximate surface area is 113 Å². The lowest BCUT2D eigenvalue weighted by molar-refractivity contribution is -0.386. The Morgan fingerprint density at radius 1 is 1.53 bits per heavy atom. The maximum absolute atomic E-state index is 11.1. The van der Waals surface area contributed by atoms with E-state index in [1.54, 1.807) is 6.92 Å². The third-order valence-electron chi connectivity index (χ3n) is 2.43. The molecule has 0 saturated heterocycles. The molecular formula is C11H11ClN4O3. The average molecular weight is 283 g/mol. The molecule has 100 valence electrons. The fourth-order valence-electron chi connectivity index (χ4n) is 1.64. The highest BCUT2D eigenvalue weighted by atomic mass is 35.5. The van der Waals surface area contributed by atoms with E-state index < -0.39 is 4.92 Å². The standard InChI is InChI=1S/C11H11ClN4O3/c1-3-15-11(10(16(17)18)7(2)14-15)19-9-4-8(12)5-13-6-9/h4-6H,3H2,1-2H3. The third-order valence-corrected chi connectivity index (χ3v) is 2.63. The van der Waals surface area contributed by atoms with Crippen molar-refractivity contribution < 1.29 is 9.66 Å². The van der Waals surface area contributed by atoms with E-state index in [2.05, 4.69) is 10.1 Å². The van der Waals surface area contributed by atoms with Gasteiger partial charge in [-0.1, -0.05) is 11.6 Å². The summed E-state index contributed by atoms with van der Waals surface area (Å²) in [6, 6.07) is 1.53. The van der Waals surface area contributed by atoms with E-state index in [-0.39, 0.29) is 11.6 Å². The number of aryl methyl sites for hydroxylation is 2. The van der Waals surface area contributed by atoms with Crippen LogP contribution in [0.2, 0.25) is 5.02 Å². The van der Waals surface area contributed by atoms with Gasteiger partial charge in [0.05, 0.1) is 16.1 Å². The quantitative estimate of drug-likeness (QED) is 0.636. The van der Waals surface area contributed by atoms with Gasteiger partial charge in [-0.2, -0.15) is 5.10 Å². The number of nitro groups is 1. The summed E-state index contributed by atoms with van der Waals surface area (Å²) in [6.45, 7) is 3.84. The maximum Gasteiger partial charge on any atom is 0.353 e. The Morgan fingerprint density at radius 3 is 2.84 bits per heavy atom. The van der Waals surface area contributed by atoms with Gasteiger partial charge in [-0.05, 0) is 13.8 Å². The SMILES string of the molecule is CCn1nc(C)c([N+](=O)[O-])c1Oc1cncc(Cl)c1. The third kappa shape index (κ3) is 2.65. The highest BCUT2D eigenvalue weighted by molar-refractivity contribution is 6.30. The Kier molecular flexibility index (Phi) is 3.66. The van der Waals surface area contributed by atoms with Crippen LogP contribution < -0.4 is 4.74 Å². The van der Waals surface area contributed by atoms with Crippen molar-refractivity contribution >= 4 is 17.3 Å². The molecule has 0 bridgehead atoms. The van der Waals surface area contributed by atoms with Gasteiger partial charge in [0.1, 0.15) is 11.4 Å². The van der Waals surface area contributed by atoms with Gasteiger partial charge < -0.3 is 4.74 Å². The molecule has 0 aliphatic rings. The summed E-state index contributed by atoms with van der Waals surface area (Å²) in [5.41, 5.74) is 0.152. The van der Waals surface area contributed by atoms with E-state index in [4.69, 9.17) is 16.3 Å². The first-order valence-electron chi connectivity index (χ1n) is 5.53. The molecule has 2 aromatic rings. The Bertz CT molecular complexity index is 626. The summed E-state index contributed by atoms with van der Waals surface area (Å²) in [7, 11) is 0. The van der Waals surface area contributed by atoms with Crippen molar-refractivity contribution in [3.8, 4) is 11.6 Å². The van der Waals surface area contributed by atoms with Crippen LogP contribution in [0.5, 0.6) is 11.6 Å². The predicted molar refractivity (Wildman–Crippen MR) is 68.6 cm³/mol. The number of ether oxygens (including phenoxy) is 1. The van der Waals surface area contributed by atoms with Crippen LogP contribution >= 0.6 is 11.6 Å². The summed E-state index contributed by atoms with van der Waals surface area (Å²) in [6.07, 6.45) is 2.88. The molecule has 0 saturated carbocycles. The molecule has 0 aromatic carbocycles. The summed E-state index contributed by atoms with van der Waals surface area (Å²) in [5.74, 6) is 0.402. The summed E-state index contributed by atoms with van der Waals surface area (Å²) in [4.78, 5) is 14.4. The summed E-state index contributed by atoms with van der Waals surface area (Å²) in [5, 5.41) is 15.5. The number of pyridine rings is 1. The molecule has 8 heteroatoms. The number of hydrogen-bond donors (Lipinski definition) is 0. The minimum atomic E-state index is -0.512. The van der Waals surface area contributed by atoms with Gasteiger partial charge in [-0.25, -0.2) is 4.68 Å². The lowest BCUT2D eigenvalue weighted by Crippen LogP contribution is -2.01. The normalized spacial score (nSPS) is 10.5. The zero-order valence-electron chi connectivity index (χ0n) is 10.3. The highest BCUT2D eigenvalue weighted by Gasteiger charge is 2.27. The van der Waals surface area contributed by atoms with E-state index in [9.17, 15) is 10.1 Å². The van der Waals surface area contributed by atoms with Crippen molar-refractivity contribution in [2.45, 2.75) is 20.4 Å². The van der Waals surface area contributed by atoms with E-state index in [1.807, 2.05) is 6.92 Å². The zero-order chi connectivity index (χ0) is 14.0. The summed E-state index contributed by atoms with van der Waals surface area (Å²) < 4.78 is 6.93. The molecule has 0 aliphatic heterocycles. The smallest absolute Gasteiger partial charge is 0.353 e. The van der Waals surface area contributed by atoms with Gasteiger partial charge >= 0.3 is 5.69 Å². The van der Waals surface area contributed by atoms with E-state index in [1.165, 1.54) is 23.1 Å². The largest absolute Gasteiger partial charge is 0.432 e. The second kappa shape index (κ2) is 5.23. The van der Waals surface area contributed by atoms with E-state index >= 15 is 0 Å². The van der Waals surface area contributed by atoms with Crippen molar-refractivity contribution in [3.63, 3.8) is 0 Å². The van der Waals surface area contributed by atoms with E-state index in [0.717, 1.165) is 0 Å². The van der Waals surface area contributed by atoms with Crippen LogP contribution in [0.3, 0.4) is 0 Å². The number of rotatable bonds is 4. The first-order valence-corrected chi connectivity index (χ1v) is 5.91. The zero-order valence-corrected chi connectivity index (χ0v) is 11.1. The molecule has 0 amide bonds. The molecule has 0 fully saturated rings. The fraction of sp³-hybridized carbons (Fsp3) is 0.273. The second-order valence-electron chi connectivity index (χ2n) is 3.75. The Morgan fingerprint density at radius 2 is 2.26 bits per heavy atom. The second-order valence-corrected chi connectivity index (χ2v) is 4.19. The van der Waals surface area contributed by atoms with E-state index in [0.29, 0.717) is 23.0 Å². The molecule has 0 atom stereocenters. The van der Waals surface area contributed by atoms with Crippen molar-refractivity contribution in [2.24, 2.45) is 0 Å². The molecule has 0 unspecified atom stereocenters. The molecule has 7 nitrogen and oxygen atoms in total. The van der Waals surface area contributed by atoms with Gasteiger partial charge in [-0.15, -0.1) is 0 Å². The molecule has 0 radical (unpaired) electrons. The van der Waals surface area contributed by atoms with Crippen LogP contribution in [-0.4, -0.2) is 19.7 Å². The van der Waals surface area contributed by atoms with Crippen molar-refractivity contribution in [3.05, 3.63) is 39.3 Å². The lowest BCUT2D eigenvalue weighted by atomic mass is 10.4. The van der Waals surface area contributed by atoms with Crippen molar-refractivity contribution in [1.29, 1.82) is 0 Å². The molecule has 0 spiro atoms. The molecule has 2 heterocycles. The molecule has 2 rings (SSSR count). The molecule has 19 heavy (non-hydrogen) atoms. The minimum absolute atomic E-state index is 0.0778. The number of aromatic nitrogens is 3. The van der Waals surface area contributed by atoms with Gasteiger partial charge in [0.15, 0.2) is 0 Å².